The monoisotopic (exact) mass is 674 g/mol. The van der Waals surface area contributed by atoms with E-state index in [4.69, 9.17) is 0 Å². The maximum absolute atomic E-state index is 2.49. The molecule has 0 aliphatic carbocycles. The van der Waals surface area contributed by atoms with Gasteiger partial charge in [-0.05, 0) is 0 Å². The molecule has 1 aromatic heterocycles. The van der Waals surface area contributed by atoms with Crippen LogP contribution in [0.15, 0.2) is 164 Å². The van der Waals surface area contributed by atoms with E-state index in [2.05, 4.69) is 171 Å². The second-order valence-electron chi connectivity index (χ2n) is 12.8. The molecule has 0 aliphatic heterocycles. The number of hydrogen-bond acceptors (Lipinski definition) is 0. The summed E-state index contributed by atoms with van der Waals surface area (Å²) in [4.78, 5) is 0. The van der Waals surface area contributed by atoms with Crippen molar-refractivity contribution in [3.63, 3.8) is 0 Å². The van der Waals surface area contributed by atoms with Gasteiger partial charge in [-0.3, -0.25) is 0 Å². The maximum atomic E-state index is 2.49. The topological polar surface area (TPSA) is 0 Å². The standard InChI is InChI=1S/C47H30Se/c1-29-33-15-5-7-17-36(33)46(37-18-8-6-16-34(29)37)31-24-26-43-42(27-31)35-25-23-32(28-44(35)48-43)47-40-21-11-9-19-38(40)45(30-13-3-2-4-14-30)39-20-10-12-22-41(39)47/h2-28H,1H3. The van der Waals surface area contributed by atoms with Gasteiger partial charge in [-0.25, -0.2) is 0 Å². The van der Waals surface area contributed by atoms with Gasteiger partial charge in [-0.1, -0.05) is 0 Å². The van der Waals surface area contributed by atoms with Crippen molar-refractivity contribution < 1.29 is 0 Å². The third-order valence-corrected chi connectivity index (χ3v) is 12.6. The molecule has 0 saturated carbocycles. The first-order valence-corrected chi connectivity index (χ1v) is 18.3. The predicted octanol–water partition coefficient (Wildman–Crippen LogP) is 13.0. The molecule has 0 amide bonds. The number of benzene rings is 9. The molecule has 10 aromatic rings. The number of rotatable bonds is 3. The minimum absolute atomic E-state index is 0.242. The van der Waals surface area contributed by atoms with Crippen LogP contribution in [0.1, 0.15) is 5.56 Å². The Labute approximate surface area is 285 Å². The van der Waals surface area contributed by atoms with Crippen LogP contribution in [0.3, 0.4) is 0 Å². The molecule has 0 atom stereocenters. The second-order valence-corrected chi connectivity index (χ2v) is 15.1. The summed E-state index contributed by atoms with van der Waals surface area (Å²) in [5.74, 6) is 0. The fourth-order valence-electron chi connectivity index (χ4n) is 8.10. The Balaban J connectivity index is 1.20. The van der Waals surface area contributed by atoms with E-state index in [1.165, 1.54) is 101 Å². The van der Waals surface area contributed by atoms with Crippen molar-refractivity contribution in [2.45, 2.75) is 6.92 Å². The first kappa shape index (κ1) is 27.6. The molecular formula is C47H30Se. The van der Waals surface area contributed by atoms with Gasteiger partial charge in [0.05, 0.1) is 0 Å². The molecule has 0 unspecified atom stereocenters. The first-order chi connectivity index (χ1) is 23.7. The quantitative estimate of drug-likeness (QED) is 0.129. The third kappa shape index (κ3) is 4.09. The van der Waals surface area contributed by atoms with Gasteiger partial charge in [0.25, 0.3) is 0 Å². The minimum atomic E-state index is 0.242. The molecule has 0 nitrogen and oxygen atoms in total. The number of fused-ring (bicyclic) bond motifs is 7. The fraction of sp³-hybridized carbons (Fsp3) is 0.0213. The average Bonchev–Trinajstić information content (AvgIpc) is 3.51. The van der Waals surface area contributed by atoms with Crippen LogP contribution in [0.2, 0.25) is 0 Å². The van der Waals surface area contributed by atoms with Crippen molar-refractivity contribution in [3.8, 4) is 33.4 Å². The van der Waals surface area contributed by atoms with Gasteiger partial charge in [-0.15, -0.1) is 0 Å². The van der Waals surface area contributed by atoms with Crippen molar-refractivity contribution >= 4 is 76.9 Å². The molecule has 0 N–H and O–H groups in total. The molecule has 0 bridgehead atoms. The van der Waals surface area contributed by atoms with Crippen LogP contribution in [-0.2, 0) is 0 Å². The van der Waals surface area contributed by atoms with E-state index in [-0.39, 0.29) is 14.5 Å². The molecule has 1 heteroatoms. The molecule has 9 aromatic carbocycles. The molecule has 48 heavy (non-hydrogen) atoms. The normalized spacial score (nSPS) is 11.9. The zero-order chi connectivity index (χ0) is 31.8. The Bertz CT molecular complexity index is 2780. The van der Waals surface area contributed by atoms with E-state index in [0.717, 1.165) is 0 Å². The molecule has 0 fully saturated rings. The zero-order valence-corrected chi connectivity index (χ0v) is 28.2. The van der Waals surface area contributed by atoms with Crippen LogP contribution in [-0.4, -0.2) is 14.5 Å². The molecule has 0 spiro atoms. The second kappa shape index (κ2) is 10.8. The Morgan fingerprint density at radius 3 is 1.25 bits per heavy atom. The SMILES string of the molecule is Cc1c2ccccc2c(-c2ccc3[se]c4cc(-c5c6ccccc6c(-c6ccccc6)c6ccccc56)ccc4c3c2)c2ccccc12. The first-order valence-electron chi connectivity index (χ1n) is 16.6. The van der Waals surface area contributed by atoms with E-state index in [0.29, 0.717) is 0 Å². The van der Waals surface area contributed by atoms with E-state index in [9.17, 15) is 0 Å². The van der Waals surface area contributed by atoms with E-state index < -0.39 is 0 Å². The average molecular weight is 674 g/mol. The van der Waals surface area contributed by atoms with Gasteiger partial charge in [-0.2, -0.15) is 0 Å². The predicted molar refractivity (Wildman–Crippen MR) is 209 cm³/mol. The fourth-order valence-corrected chi connectivity index (χ4v) is 10.5. The summed E-state index contributed by atoms with van der Waals surface area (Å²) in [5, 5.41) is 13.3. The van der Waals surface area contributed by atoms with Crippen LogP contribution in [0.25, 0.3) is 95.8 Å². The van der Waals surface area contributed by atoms with Gasteiger partial charge in [0.1, 0.15) is 0 Å². The summed E-state index contributed by atoms with van der Waals surface area (Å²) >= 11 is 0.242. The molecule has 0 saturated heterocycles. The van der Waals surface area contributed by atoms with Crippen molar-refractivity contribution in [2.24, 2.45) is 0 Å². The molecular weight excluding hydrogens is 643 g/mol. The summed E-state index contributed by atoms with van der Waals surface area (Å²) in [5.41, 5.74) is 9.18. The number of aryl methyl sites for hydroxylation is 1. The summed E-state index contributed by atoms with van der Waals surface area (Å²) in [6.07, 6.45) is 0. The van der Waals surface area contributed by atoms with E-state index >= 15 is 0 Å². The Morgan fingerprint density at radius 1 is 0.292 bits per heavy atom. The van der Waals surface area contributed by atoms with Crippen LogP contribution in [0.4, 0.5) is 0 Å². The molecule has 224 valence electrons. The Morgan fingerprint density at radius 2 is 0.708 bits per heavy atom. The van der Waals surface area contributed by atoms with Gasteiger partial charge < -0.3 is 0 Å². The van der Waals surface area contributed by atoms with Gasteiger partial charge in [0.15, 0.2) is 0 Å². The molecule has 0 aliphatic rings. The van der Waals surface area contributed by atoms with Crippen molar-refractivity contribution in [1.82, 2.24) is 0 Å². The van der Waals surface area contributed by atoms with Gasteiger partial charge >= 0.3 is 287 Å². The zero-order valence-electron chi connectivity index (χ0n) is 26.5. The van der Waals surface area contributed by atoms with Crippen molar-refractivity contribution in [3.05, 3.63) is 169 Å². The van der Waals surface area contributed by atoms with Crippen molar-refractivity contribution in [2.75, 3.05) is 0 Å². The van der Waals surface area contributed by atoms with Crippen LogP contribution in [0.5, 0.6) is 0 Å². The van der Waals surface area contributed by atoms with Crippen LogP contribution in [0, 0.1) is 6.92 Å². The van der Waals surface area contributed by atoms with Gasteiger partial charge in [0.2, 0.25) is 0 Å². The molecule has 1 heterocycles. The van der Waals surface area contributed by atoms with Crippen molar-refractivity contribution in [1.29, 1.82) is 0 Å². The Hall–Kier alpha value is -5.46. The van der Waals surface area contributed by atoms with E-state index in [1.54, 1.807) is 0 Å². The summed E-state index contributed by atoms with van der Waals surface area (Å²) in [6, 6.07) is 61.0. The third-order valence-electron chi connectivity index (χ3n) is 10.2. The molecule has 0 radical (unpaired) electrons. The summed E-state index contributed by atoms with van der Waals surface area (Å²) in [7, 11) is 0. The van der Waals surface area contributed by atoms with E-state index in [1.807, 2.05) is 0 Å². The van der Waals surface area contributed by atoms with Gasteiger partial charge in [0, 0.05) is 0 Å². The number of hydrogen-bond donors (Lipinski definition) is 0. The summed E-state index contributed by atoms with van der Waals surface area (Å²) in [6.45, 7) is 2.26. The van der Waals surface area contributed by atoms with Crippen LogP contribution >= 0.6 is 0 Å². The Kier molecular flexibility index (Phi) is 6.21. The summed E-state index contributed by atoms with van der Waals surface area (Å²) < 4.78 is 2.93. The molecule has 10 rings (SSSR count). The van der Waals surface area contributed by atoms with Crippen LogP contribution < -0.4 is 0 Å².